The Morgan fingerprint density at radius 1 is 1.09 bits per heavy atom. The molecule has 1 aromatic carbocycles. The monoisotopic (exact) mass is 687 g/mol. The van der Waals surface area contributed by atoms with Crippen LogP contribution in [0.1, 0.15) is 0 Å². The molecule has 0 radical (unpaired) electrons. The molecule has 17 heteroatoms. The number of aliphatic carboxylic acids is 2. The molecule has 1 fully saturated rings. The minimum atomic E-state index is -1.39. The largest absolute Gasteiger partial charge is 0.480 e. The standard InChI is InChI=1S/C26H24Cl2N4O8S3/c27-14-1-2-16(28)18(7-14)42-12-20(35)30-21-23(36)32-22(26(39)40)13(11-43-24(21)32)10-41-15-3-5-31(6-4-15)8-19(34)29-17(9-33)25(37)38/h1-7,17,21,24,33H,8-12H2,(H3-,29,30,34,35,37,38,39,40)/p+1/t17?,21-,24+/m0/s1. The highest BCUT2D eigenvalue weighted by molar-refractivity contribution is 8.01. The highest BCUT2D eigenvalue weighted by Gasteiger charge is 2.54. The number of carboxylic acids is 2. The Balaban J connectivity index is 1.32. The molecule has 0 spiro atoms. The number of benzene rings is 1. The van der Waals surface area contributed by atoms with Gasteiger partial charge in [-0.25, -0.2) is 9.59 Å². The van der Waals surface area contributed by atoms with Crippen LogP contribution in [0.3, 0.4) is 0 Å². The molecule has 0 aliphatic carbocycles. The second-order valence-electron chi connectivity index (χ2n) is 9.21. The Bertz CT molecular complexity index is 1480. The number of aliphatic hydroxyl groups excluding tert-OH is 1. The van der Waals surface area contributed by atoms with Crippen molar-refractivity contribution in [3.63, 3.8) is 0 Å². The molecule has 3 amide bonds. The number of fused-ring (bicyclic) bond motifs is 1. The number of rotatable bonds is 13. The first-order chi connectivity index (χ1) is 20.5. The zero-order valence-electron chi connectivity index (χ0n) is 22.1. The van der Waals surface area contributed by atoms with E-state index in [9.17, 15) is 29.1 Å². The second kappa shape index (κ2) is 14.7. The Morgan fingerprint density at radius 3 is 2.47 bits per heavy atom. The predicted octanol–water partition coefficient (Wildman–Crippen LogP) is 1.47. The lowest BCUT2D eigenvalue weighted by Gasteiger charge is -2.49. The number of hydrogen-bond acceptors (Lipinski definition) is 9. The van der Waals surface area contributed by atoms with E-state index < -0.39 is 53.7 Å². The van der Waals surface area contributed by atoms with E-state index in [1.165, 1.54) is 44.8 Å². The van der Waals surface area contributed by atoms with Gasteiger partial charge < -0.3 is 26.0 Å². The van der Waals surface area contributed by atoms with E-state index in [2.05, 4.69) is 10.6 Å². The van der Waals surface area contributed by atoms with Gasteiger partial charge in [-0.15, -0.1) is 35.3 Å². The normalized spacial score (nSPS) is 18.4. The van der Waals surface area contributed by atoms with Crippen molar-refractivity contribution in [1.29, 1.82) is 0 Å². The summed E-state index contributed by atoms with van der Waals surface area (Å²) in [5, 5.41) is 33.2. The Hall–Kier alpha value is -2.95. The van der Waals surface area contributed by atoms with E-state index in [4.69, 9.17) is 33.4 Å². The summed E-state index contributed by atoms with van der Waals surface area (Å²) in [5.41, 5.74) is 0.467. The molecule has 1 aromatic heterocycles. The lowest BCUT2D eigenvalue weighted by Crippen LogP contribution is -2.70. The number of thioether (sulfide) groups is 3. The molecule has 1 saturated heterocycles. The first-order valence-corrected chi connectivity index (χ1v) is 16.3. The van der Waals surface area contributed by atoms with Crippen molar-refractivity contribution in [2.75, 3.05) is 23.9 Å². The molecular weight excluding hydrogens is 663 g/mol. The fourth-order valence-electron chi connectivity index (χ4n) is 4.15. The molecule has 12 nitrogen and oxygen atoms in total. The number of carbonyl (C=O) groups excluding carboxylic acids is 3. The smallest absolute Gasteiger partial charge is 0.352 e. The summed E-state index contributed by atoms with van der Waals surface area (Å²) in [4.78, 5) is 63.3. The van der Waals surface area contributed by atoms with E-state index in [0.717, 1.165) is 4.90 Å². The maximum atomic E-state index is 13.0. The predicted molar refractivity (Wildman–Crippen MR) is 161 cm³/mol. The molecule has 2 aliphatic rings. The van der Waals surface area contributed by atoms with Crippen molar-refractivity contribution >= 4 is 88.1 Å². The molecule has 2 aliphatic heterocycles. The van der Waals surface area contributed by atoms with Gasteiger partial charge in [0.05, 0.1) is 17.4 Å². The molecule has 1 unspecified atom stereocenters. The quantitative estimate of drug-likeness (QED) is 0.117. The van der Waals surface area contributed by atoms with Crippen molar-refractivity contribution in [2.24, 2.45) is 0 Å². The van der Waals surface area contributed by atoms with Gasteiger partial charge in [-0.2, -0.15) is 4.57 Å². The number of aromatic nitrogens is 1. The van der Waals surface area contributed by atoms with Crippen LogP contribution in [-0.4, -0.2) is 91.2 Å². The van der Waals surface area contributed by atoms with Crippen molar-refractivity contribution in [2.45, 2.75) is 33.8 Å². The van der Waals surface area contributed by atoms with Gasteiger partial charge in [0.1, 0.15) is 17.1 Å². The number of nitrogens with zero attached hydrogens (tertiary/aromatic N) is 2. The molecule has 0 saturated carbocycles. The topological polar surface area (TPSA) is 177 Å². The van der Waals surface area contributed by atoms with E-state index >= 15 is 0 Å². The third-order valence-electron chi connectivity index (χ3n) is 6.23. The van der Waals surface area contributed by atoms with Gasteiger partial charge in [-0.05, 0) is 23.8 Å². The van der Waals surface area contributed by atoms with Crippen LogP contribution < -0.4 is 15.2 Å². The van der Waals surface area contributed by atoms with Crippen molar-refractivity contribution in [3.05, 3.63) is 64.0 Å². The summed E-state index contributed by atoms with van der Waals surface area (Å²) in [7, 11) is 0. The number of nitrogens with one attached hydrogen (secondary N) is 2. The number of aliphatic hydroxyl groups is 1. The van der Waals surface area contributed by atoms with Crippen LogP contribution >= 0.6 is 58.5 Å². The molecular formula is C26H25Cl2N4O8S3+. The summed E-state index contributed by atoms with van der Waals surface area (Å²) in [6.45, 7) is -0.893. The first kappa shape index (κ1) is 33.0. The van der Waals surface area contributed by atoms with Crippen LogP contribution in [0.25, 0.3) is 0 Å². The zero-order chi connectivity index (χ0) is 31.3. The highest BCUT2D eigenvalue weighted by Crippen LogP contribution is 2.41. The highest BCUT2D eigenvalue weighted by atomic mass is 35.5. The fraction of sp³-hybridized carbons (Fsp3) is 0.308. The zero-order valence-corrected chi connectivity index (χ0v) is 26.0. The minimum Gasteiger partial charge on any atom is -0.480 e. The number of carboxylic acid groups (broad SMARTS) is 2. The lowest BCUT2D eigenvalue weighted by molar-refractivity contribution is -0.684. The molecule has 4 rings (SSSR count). The maximum absolute atomic E-state index is 13.0. The van der Waals surface area contributed by atoms with Crippen LogP contribution in [-0.2, 0) is 30.5 Å². The Morgan fingerprint density at radius 2 is 1.81 bits per heavy atom. The van der Waals surface area contributed by atoms with Gasteiger partial charge in [-0.3, -0.25) is 19.3 Å². The number of amides is 3. The number of halogens is 2. The third kappa shape index (κ3) is 8.16. The van der Waals surface area contributed by atoms with Crippen molar-refractivity contribution < 1.29 is 43.9 Å². The SMILES string of the molecule is O=C(C[n+]1ccc(SCC2=C(C(=O)O)N3C(=O)[C@H](NC(=O)CSc4cc(Cl)ccc4Cl)[C@H]3SC2)cc1)NC(CO)C(=O)O. The van der Waals surface area contributed by atoms with Crippen molar-refractivity contribution in [1.82, 2.24) is 15.5 Å². The van der Waals surface area contributed by atoms with Gasteiger partial charge in [0, 0.05) is 38.5 Å². The average molecular weight is 689 g/mol. The third-order valence-corrected chi connectivity index (χ3v) is 10.4. The van der Waals surface area contributed by atoms with E-state index in [1.54, 1.807) is 42.7 Å². The minimum absolute atomic E-state index is 0.00198. The Kier molecular flexibility index (Phi) is 11.3. The summed E-state index contributed by atoms with van der Waals surface area (Å²) in [6, 6.07) is 6.10. The summed E-state index contributed by atoms with van der Waals surface area (Å²) >= 11 is 16.0. The molecule has 3 atom stereocenters. The number of hydrogen-bond donors (Lipinski definition) is 5. The number of carbonyl (C=O) groups is 5. The van der Waals surface area contributed by atoms with E-state index in [0.29, 0.717) is 32.0 Å². The second-order valence-corrected chi connectivity index (χ2v) is 13.2. The molecule has 3 heterocycles. The van der Waals surface area contributed by atoms with Gasteiger partial charge >= 0.3 is 11.9 Å². The Labute approximate surface area is 268 Å². The van der Waals surface area contributed by atoms with Crippen LogP contribution in [0.5, 0.6) is 0 Å². The van der Waals surface area contributed by atoms with Gasteiger partial charge in [0.2, 0.25) is 12.5 Å². The summed E-state index contributed by atoms with van der Waals surface area (Å²) in [5.74, 6) is -3.41. The van der Waals surface area contributed by atoms with E-state index in [-0.39, 0.29) is 18.0 Å². The van der Waals surface area contributed by atoms with Crippen molar-refractivity contribution in [3.8, 4) is 0 Å². The van der Waals surface area contributed by atoms with Crippen LogP contribution in [0, 0.1) is 0 Å². The van der Waals surface area contributed by atoms with E-state index in [1.807, 2.05) is 0 Å². The number of β-lactam (4-membered cyclic amide) rings is 1. The maximum Gasteiger partial charge on any atom is 0.352 e. The molecule has 43 heavy (non-hydrogen) atoms. The van der Waals surface area contributed by atoms with Crippen LogP contribution in [0.2, 0.25) is 10.0 Å². The molecule has 0 bridgehead atoms. The average Bonchev–Trinajstić information content (AvgIpc) is 2.97. The molecule has 228 valence electrons. The molecule has 5 N–H and O–H groups in total. The summed E-state index contributed by atoms with van der Waals surface area (Å²) < 4.78 is 1.52. The summed E-state index contributed by atoms with van der Waals surface area (Å²) in [6.07, 6.45) is 3.22. The van der Waals surface area contributed by atoms with Crippen LogP contribution in [0.15, 0.2) is 63.8 Å². The number of pyridine rings is 1. The molecule has 2 aromatic rings. The van der Waals surface area contributed by atoms with Crippen LogP contribution in [0.4, 0.5) is 0 Å². The lowest BCUT2D eigenvalue weighted by atomic mass is 10.0. The van der Waals surface area contributed by atoms with Gasteiger partial charge in [0.15, 0.2) is 18.4 Å². The van der Waals surface area contributed by atoms with Gasteiger partial charge in [-0.1, -0.05) is 23.2 Å². The fourth-order valence-corrected chi connectivity index (χ4v) is 7.82. The van der Waals surface area contributed by atoms with Gasteiger partial charge in [0.25, 0.3) is 11.8 Å². The first-order valence-electron chi connectivity index (χ1n) is 12.5.